The van der Waals surface area contributed by atoms with Crippen molar-refractivity contribution in [1.29, 1.82) is 0 Å². The second-order valence-electron chi connectivity index (χ2n) is 3.57. The molecule has 14 heavy (non-hydrogen) atoms. The molecule has 2 heteroatoms. The lowest BCUT2D eigenvalue weighted by Crippen LogP contribution is -2.03. The summed E-state index contributed by atoms with van der Waals surface area (Å²) in [6.07, 6.45) is 1.66. The molecule has 0 N–H and O–H groups in total. The molecule has 0 bridgehead atoms. The van der Waals surface area contributed by atoms with Crippen molar-refractivity contribution in [1.82, 2.24) is 0 Å². The molecule has 0 saturated heterocycles. The Labute approximate surface area is 93.7 Å². The number of hydrogen-bond acceptors (Lipinski definition) is 1. The standard InChI is InChI=1S/C12H15BrO/c1-3-10(7-9(2)14)11-5-4-6-12(13)8-11/h4-6,8,10H,3,7H2,1-2H3/t10-/m1/s1. The molecule has 0 spiro atoms. The first-order valence-electron chi connectivity index (χ1n) is 4.88. The van der Waals surface area contributed by atoms with Crippen LogP contribution in [0.1, 0.15) is 38.2 Å². The summed E-state index contributed by atoms with van der Waals surface area (Å²) in [5.74, 6) is 0.627. The topological polar surface area (TPSA) is 17.1 Å². The van der Waals surface area contributed by atoms with E-state index < -0.39 is 0 Å². The van der Waals surface area contributed by atoms with Crippen molar-refractivity contribution in [3.63, 3.8) is 0 Å². The fraction of sp³-hybridized carbons (Fsp3) is 0.417. The van der Waals surface area contributed by atoms with Crippen LogP contribution in [-0.4, -0.2) is 5.78 Å². The molecule has 0 radical (unpaired) electrons. The minimum Gasteiger partial charge on any atom is -0.300 e. The van der Waals surface area contributed by atoms with E-state index in [1.165, 1.54) is 5.56 Å². The fourth-order valence-electron chi connectivity index (χ4n) is 1.61. The molecule has 1 nitrogen and oxygen atoms in total. The Balaban J connectivity index is 2.83. The number of benzene rings is 1. The first-order valence-corrected chi connectivity index (χ1v) is 5.67. The van der Waals surface area contributed by atoms with Gasteiger partial charge in [-0.3, -0.25) is 0 Å². The lowest BCUT2D eigenvalue weighted by atomic mass is 9.92. The highest BCUT2D eigenvalue weighted by Crippen LogP contribution is 2.25. The molecule has 1 rings (SSSR count). The number of halogens is 1. The maximum atomic E-state index is 11.1. The third-order valence-electron chi connectivity index (χ3n) is 2.35. The van der Waals surface area contributed by atoms with E-state index in [1.807, 2.05) is 12.1 Å². The molecule has 1 atom stereocenters. The van der Waals surface area contributed by atoms with E-state index in [0.717, 1.165) is 10.9 Å². The van der Waals surface area contributed by atoms with Gasteiger partial charge in [-0.1, -0.05) is 35.0 Å². The Morgan fingerprint density at radius 3 is 2.71 bits per heavy atom. The lowest BCUT2D eigenvalue weighted by Gasteiger charge is -2.13. The highest BCUT2D eigenvalue weighted by molar-refractivity contribution is 9.10. The van der Waals surface area contributed by atoms with Gasteiger partial charge in [-0.2, -0.15) is 0 Å². The van der Waals surface area contributed by atoms with E-state index in [4.69, 9.17) is 0 Å². The zero-order valence-corrected chi connectivity index (χ0v) is 10.2. The van der Waals surface area contributed by atoms with E-state index in [9.17, 15) is 4.79 Å². The van der Waals surface area contributed by atoms with Gasteiger partial charge >= 0.3 is 0 Å². The number of hydrogen-bond donors (Lipinski definition) is 0. The summed E-state index contributed by atoms with van der Waals surface area (Å²) in [4.78, 5) is 11.1. The molecule has 0 aliphatic rings. The van der Waals surface area contributed by atoms with Gasteiger partial charge in [-0.05, 0) is 37.0 Å². The smallest absolute Gasteiger partial charge is 0.130 e. The maximum absolute atomic E-state index is 11.1. The van der Waals surface area contributed by atoms with E-state index in [2.05, 4.69) is 35.0 Å². The first kappa shape index (κ1) is 11.4. The van der Waals surface area contributed by atoms with Gasteiger partial charge < -0.3 is 4.79 Å². The molecule has 76 valence electrons. The minimum atomic E-state index is 0.261. The van der Waals surface area contributed by atoms with Gasteiger partial charge in [-0.25, -0.2) is 0 Å². The Morgan fingerprint density at radius 1 is 1.50 bits per heavy atom. The van der Waals surface area contributed by atoms with Gasteiger partial charge in [0.1, 0.15) is 5.78 Å². The molecule has 1 aromatic rings. The van der Waals surface area contributed by atoms with Gasteiger partial charge in [-0.15, -0.1) is 0 Å². The Morgan fingerprint density at radius 2 is 2.21 bits per heavy atom. The van der Waals surface area contributed by atoms with Crippen LogP contribution in [0.2, 0.25) is 0 Å². The molecule has 1 aromatic carbocycles. The van der Waals surface area contributed by atoms with E-state index in [1.54, 1.807) is 6.92 Å². The Bertz CT molecular complexity index is 320. The molecule has 0 saturated carbocycles. The molecule has 0 aromatic heterocycles. The fourth-order valence-corrected chi connectivity index (χ4v) is 2.02. The van der Waals surface area contributed by atoms with Crippen LogP contribution in [0.4, 0.5) is 0 Å². The molecular weight excluding hydrogens is 240 g/mol. The second-order valence-corrected chi connectivity index (χ2v) is 4.48. The molecule has 0 fully saturated rings. The average Bonchev–Trinajstić information content (AvgIpc) is 2.14. The Kier molecular flexibility index (Phi) is 4.33. The summed E-state index contributed by atoms with van der Waals surface area (Å²) in [6, 6.07) is 8.20. The molecule has 0 amide bonds. The van der Waals surface area contributed by atoms with Crippen LogP contribution in [0.25, 0.3) is 0 Å². The third kappa shape index (κ3) is 3.26. The predicted octanol–water partition coefficient (Wildman–Crippen LogP) is 3.92. The maximum Gasteiger partial charge on any atom is 0.130 e. The molecular formula is C12H15BrO. The number of carbonyl (C=O) groups excluding carboxylic acids is 1. The summed E-state index contributed by atoms with van der Waals surface area (Å²) >= 11 is 3.44. The molecule has 0 aliphatic carbocycles. The number of Topliss-reactive ketones (excluding diaryl/α,β-unsaturated/α-hetero) is 1. The number of rotatable bonds is 4. The lowest BCUT2D eigenvalue weighted by molar-refractivity contribution is -0.117. The number of carbonyl (C=O) groups is 1. The van der Waals surface area contributed by atoms with Crippen LogP contribution in [0.3, 0.4) is 0 Å². The van der Waals surface area contributed by atoms with Crippen molar-refractivity contribution in [3.8, 4) is 0 Å². The summed E-state index contributed by atoms with van der Waals surface area (Å²) in [7, 11) is 0. The number of ketones is 1. The molecule has 0 aliphatic heterocycles. The SMILES string of the molecule is CC[C@H](CC(C)=O)c1cccc(Br)c1. The van der Waals surface area contributed by atoms with Gasteiger partial charge in [0.25, 0.3) is 0 Å². The van der Waals surface area contributed by atoms with Crippen LogP contribution in [-0.2, 0) is 4.79 Å². The molecule has 0 unspecified atom stereocenters. The highest BCUT2D eigenvalue weighted by atomic mass is 79.9. The highest BCUT2D eigenvalue weighted by Gasteiger charge is 2.11. The quantitative estimate of drug-likeness (QED) is 0.796. The van der Waals surface area contributed by atoms with Gasteiger partial charge in [0.05, 0.1) is 0 Å². The van der Waals surface area contributed by atoms with Crippen molar-refractivity contribution in [2.45, 2.75) is 32.6 Å². The Hall–Kier alpha value is -0.630. The third-order valence-corrected chi connectivity index (χ3v) is 2.84. The van der Waals surface area contributed by atoms with Gasteiger partial charge in [0.15, 0.2) is 0 Å². The van der Waals surface area contributed by atoms with Crippen LogP contribution < -0.4 is 0 Å². The van der Waals surface area contributed by atoms with Crippen molar-refractivity contribution in [2.75, 3.05) is 0 Å². The van der Waals surface area contributed by atoms with Crippen LogP contribution in [0, 0.1) is 0 Å². The van der Waals surface area contributed by atoms with Crippen molar-refractivity contribution < 1.29 is 4.79 Å². The summed E-state index contributed by atoms with van der Waals surface area (Å²) < 4.78 is 1.08. The van der Waals surface area contributed by atoms with Crippen LogP contribution in [0.15, 0.2) is 28.7 Å². The largest absolute Gasteiger partial charge is 0.300 e. The normalized spacial score (nSPS) is 12.5. The van der Waals surface area contributed by atoms with Crippen molar-refractivity contribution >= 4 is 21.7 Å². The molecule has 0 heterocycles. The van der Waals surface area contributed by atoms with Gasteiger partial charge in [0.2, 0.25) is 0 Å². The predicted molar refractivity (Wildman–Crippen MR) is 62.5 cm³/mol. The summed E-state index contributed by atoms with van der Waals surface area (Å²) in [5, 5.41) is 0. The summed E-state index contributed by atoms with van der Waals surface area (Å²) in [6.45, 7) is 3.77. The van der Waals surface area contributed by atoms with Crippen LogP contribution in [0.5, 0.6) is 0 Å². The minimum absolute atomic E-state index is 0.261. The van der Waals surface area contributed by atoms with Crippen LogP contribution >= 0.6 is 15.9 Å². The van der Waals surface area contributed by atoms with Gasteiger partial charge in [0, 0.05) is 10.9 Å². The van der Waals surface area contributed by atoms with Crippen molar-refractivity contribution in [2.24, 2.45) is 0 Å². The first-order chi connectivity index (χ1) is 6.63. The van der Waals surface area contributed by atoms with E-state index in [-0.39, 0.29) is 5.78 Å². The zero-order valence-electron chi connectivity index (χ0n) is 8.59. The zero-order chi connectivity index (χ0) is 10.6. The second kappa shape index (κ2) is 5.30. The van der Waals surface area contributed by atoms with Crippen molar-refractivity contribution in [3.05, 3.63) is 34.3 Å². The summed E-state index contributed by atoms with van der Waals surface area (Å²) in [5.41, 5.74) is 1.25. The average molecular weight is 255 g/mol. The van der Waals surface area contributed by atoms with E-state index >= 15 is 0 Å². The van der Waals surface area contributed by atoms with E-state index in [0.29, 0.717) is 12.3 Å². The monoisotopic (exact) mass is 254 g/mol.